The zero-order valence-electron chi connectivity index (χ0n) is 16.7. The van der Waals surface area contributed by atoms with Crippen LogP contribution in [0.4, 0.5) is 0 Å². The minimum absolute atomic E-state index is 0. The molecule has 148 valence electrons. The quantitative estimate of drug-likeness (QED) is 0.324. The van der Waals surface area contributed by atoms with Gasteiger partial charge in [0.15, 0.2) is 5.96 Å². The van der Waals surface area contributed by atoms with Crippen molar-refractivity contribution in [2.75, 3.05) is 53.0 Å². The highest BCUT2D eigenvalue weighted by molar-refractivity contribution is 14.0. The smallest absolute Gasteiger partial charge is 0.191 e. The third kappa shape index (κ3) is 7.56. The summed E-state index contributed by atoms with van der Waals surface area (Å²) in [6.45, 7) is 15.7. The minimum atomic E-state index is 0. The molecular formula is C18H38IN5O. The molecule has 0 bridgehead atoms. The van der Waals surface area contributed by atoms with Crippen molar-refractivity contribution >= 4 is 29.9 Å². The van der Waals surface area contributed by atoms with Crippen LogP contribution in [0.5, 0.6) is 0 Å². The molecule has 2 N–H and O–H groups in total. The summed E-state index contributed by atoms with van der Waals surface area (Å²) >= 11 is 0. The van der Waals surface area contributed by atoms with E-state index in [1.54, 1.807) is 0 Å². The molecule has 1 aliphatic carbocycles. The van der Waals surface area contributed by atoms with Crippen LogP contribution in [-0.2, 0) is 4.74 Å². The number of hydrogen-bond donors (Lipinski definition) is 2. The summed E-state index contributed by atoms with van der Waals surface area (Å²) in [4.78, 5) is 9.46. The van der Waals surface area contributed by atoms with Crippen molar-refractivity contribution in [3.63, 3.8) is 0 Å². The van der Waals surface area contributed by atoms with Gasteiger partial charge in [0.2, 0.25) is 0 Å². The van der Waals surface area contributed by atoms with Crippen LogP contribution in [-0.4, -0.2) is 86.4 Å². The predicted molar refractivity (Wildman–Crippen MR) is 116 cm³/mol. The summed E-state index contributed by atoms with van der Waals surface area (Å²) in [5, 5.41) is 6.96. The Balaban J connectivity index is 0.00000312. The fraction of sp³-hybridized carbons (Fsp3) is 0.944. The van der Waals surface area contributed by atoms with Crippen molar-refractivity contribution in [2.24, 2.45) is 4.99 Å². The second-order valence-electron chi connectivity index (χ2n) is 7.83. The van der Waals surface area contributed by atoms with Gasteiger partial charge in [-0.1, -0.05) is 0 Å². The van der Waals surface area contributed by atoms with Gasteiger partial charge in [0.05, 0.1) is 13.2 Å². The number of morpholine rings is 1. The zero-order chi connectivity index (χ0) is 17.6. The van der Waals surface area contributed by atoms with Gasteiger partial charge in [-0.3, -0.25) is 14.8 Å². The number of guanidine groups is 1. The van der Waals surface area contributed by atoms with Crippen molar-refractivity contribution in [2.45, 2.75) is 58.2 Å². The Morgan fingerprint density at radius 3 is 2.40 bits per heavy atom. The lowest BCUT2D eigenvalue weighted by molar-refractivity contribution is -0.00834. The Hall–Kier alpha value is -0.120. The normalized spacial score (nSPS) is 19.9. The topological polar surface area (TPSA) is 52.1 Å². The van der Waals surface area contributed by atoms with E-state index < -0.39 is 0 Å². The highest BCUT2D eigenvalue weighted by Gasteiger charge is 2.30. The molecule has 1 heterocycles. The second-order valence-corrected chi connectivity index (χ2v) is 7.83. The largest absolute Gasteiger partial charge is 0.379 e. The van der Waals surface area contributed by atoms with Gasteiger partial charge < -0.3 is 15.4 Å². The van der Waals surface area contributed by atoms with Gasteiger partial charge in [0.25, 0.3) is 0 Å². The monoisotopic (exact) mass is 467 g/mol. The second kappa shape index (κ2) is 10.9. The highest BCUT2D eigenvalue weighted by atomic mass is 127. The third-order valence-corrected chi connectivity index (χ3v) is 5.12. The first-order valence-corrected chi connectivity index (χ1v) is 9.47. The van der Waals surface area contributed by atoms with Crippen LogP contribution in [0.1, 0.15) is 40.5 Å². The summed E-state index contributed by atoms with van der Waals surface area (Å²) in [7, 11) is 1.85. The minimum Gasteiger partial charge on any atom is -0.379 e. The van der Waals surface area contributed by atoms with Gasteiger partial charge in [-0.15, -0.1) is 24.0 Å². The van der Waals surface area contributed by atoms with Crippen molar-refractivity contribution in [3.05, 3.63) is 0 Å². The SMILES string of the molecule is CN=C(NCCN(C(C)C)C1CC1)NCC(C)(C)N1CCOCC1.I. The van der Waals surface area contributed by atoms with Crippen LogP contribution in [0, 0.1) is 0 Å². The fourth-order valence-corrected chi connectivity index (χ4v) is 3.37. The molecule has 0 aromatic heterocycles. The molecule has 1 saturated heterocycles. The third-order valence-electron chi connectivity index (χ3n) is 5.12. The summed E-state index contributed by atoms with van der Waals surface area (Å²) < 4.78 is 5.46. The lowest BCUT2D eigenvalue weighted by atomic mass is 10.0. The van der Waals surface area contributed by atoms with E-state index >= 15 is 0 Å². The van der Waals surface area contributed by atoms with Crippen LogP contribution in [0.3, 0.4) is 0 Å². The summed E-state index contributed by atoms with van der Waals surface area (Å²) in [5.74, 6) is 0.899. The van der Waals surface area contributed by atoms with E-state index in [1.165, 1.54) is 12.8 Å². The molecule has 0 amide bonds. The molecule has 2 rings (SSSR count). The van der Waals surface area contributed by atoms with Crippen LogP contribution >= 0.6 is 24.0 Å². The number of rotatable bonds is 8. The standard InChI is InChI=1S/C18H37N5O.HI/c1-15(2)23(16-6-7-16)9-8-20-17(19-5)21-14-18(3,4)22-10-12-24-13-11-22;/h15-16H,6-14H2,1-5H3,(H2,19,20,21);1H. The van der Waals surface area contributed by atoms with Crippen molar-refractivity contribution < 1.29 is 4.74 Å². The number of nitrogens with one attached hydrogen (secondary N) is 2. The number of aliphatic imine (C=N–C) groups is 1. The fourth-order valence-electron chi connectivity index (χ4n) is 3.37. The molecule has 0 atom stereocenters. The maximum absolute atomic E-state index is 5.46. The molecule has 7 heteroatoms. The van der Waals surface area contributed by atoms with Gasteiger partial charge >= 0.3 is 0 Å². The van der Waals surface area contributed by atoms with Gasteiger partial charge in [0.1, 0.15) is 0 Å². The first-order valence-electron chi connectivity index (χ1n) is 9.47. The summed E-state index contributed by atoms with van der Waals surface area (Å²) in [6, 6.07) is 1.43. The zero-order valence-corrected chi connectivity index (χ0v) is 19.0. The van der Waals surface area contributed by atoms with E-state index in [0.717, 1.165) is 57.9 Å². The van der Waals surface area contributed by atoms with E-state index in [2.05, 4.69) is 53.1 Å². The molecule has 1 aliphatic heterocycles. The highest BCUT2D eigenvalue weighted by Crippen LogP contribution is 2.27. The maximum Gasteiger partial charge on any atom is 0.191 e. The van der Waals surface area contributed by atoms with E-state index in [-0.39, 0.29) is 29.5 Å². The van der Waals surface area contributed by atoms with E-state index in [9.17, 15) is 0 Å². The summed E-state index contributed by atoms with van der Waals surface area (Å²) in [5.41, 5.74) is 0.0966. The molecule has 0 aromatic carbocycles. The lowest BCUT2D eigenvalue weighted by Gasteiger charge is -2.41. The van der Waals surface area contributed by atoms with E-state index in [0.29, 0.717) is 6.04 Å². The van der Waals surface area contributed by atoms with E-state index in [1.807, 2.05) is 7.05 Å². The molecule has 6 nitrogen and oxygen atoms in total. The molecule has 1 saturated carbocycles. The Kier molecular flexibility index (Phi) is 9.98. The van der Waals surface area contributed by atoms with Crippen molar-refractivity contribution in [1.29, 1.82) is 0 Å². The Labute approximate surface area is 171 Å². The first kappa shape index (κ1) is 22.9. The first-order chi connectivity index (χ1) is 11.4. The lowest BCUT2D eigenvalue weighted by Crippen LogP contribution is -2.56. The number of halogens is 1. The Morgan fingerprint density at radius 1 is 1.24 bits per heavy atom. The van der Waals surface area contributed by atoms with Gasteiger partial charge in [-0.05, 0) is 40.5 Å². The number of hydrogen-bond acceptors (Lipinski definition) is 4. The van der Waals surface area contributed by atoms with Crippen LogP contribution in [0.15, 0.2) is 4.99 Å². The van der Waals surface area contributed by atoms with Crippen LogP contribution < -0.4 is 10.6 Å². The molecule has 25 heavy (non-hydrogen) atoms. The molecule has 0 unspecified atom stereocenters. The Morgan fingerprint density at radius 2 is 1.88 bits per heavy atom. The van der Waals surface area contributed by atoms with Gasteiger partial charge in [-0.25, -0.2) is 0 Å². The number of nitrogens with zero attached hydrogens (tertiary/aromatic N) is 3. The number of ether oxygens (including phenoxy) is 1. The molecule has 0 radical (unpaired) electrons. The average Bonchev–Trinajstić information content (AvgIpc) is 3.39. The van der Waals surface area contributed by atoms with Gasteiger partial charge in [-0.2, -0.15) is 0 Å². The maximum atomic E-state index is 5.46. The van der Waals surface area contributed by atoms with Crippen molar-refractivity contribution in [3.8, 4) is 0 Å². The molecular weight excluding hydrogens is 429 g/mol. The molecule has 0 aromatic rings. The molecule has 2 fully saturated rings. The Bertz CT molecular complexity index is 404. The van der Waals surface area contributed by atoms with Crippen LogP contribution in [0.2, 0.25) is 0 Å². The predicted octanol–water partition coefficient (Wildman–Crippen LogP) is 1.75. The molecule has 2 aliphatic rings. The summed E-state index contributed by atoms with van der Waals surface area (Å²) in [6.07, 6.45) is 2.72. The molecule has 0 spiro atoms. The van der Waals surface area contributed by atoms with E-state index in [4.69, 9.17) is 4.74 Å². The van der Waals surface area contributed by atoms with Gasteiger partial charge in [0, 0.05) is 57.4 Å². The van der Waals surface area contributed by atoms with Crippen LogP contribution in [0.25, 0.3) is 0 Å². The average molecular weight is 467 g/mol. The van der Waals surface area contributed by atoms with Crippen molar-refractivity contribution in [1.82, 2.24) is 20.4 Å².